The van der Waals surface area contributed by atoms with Crippen LogP contribution < -0.4 is 0 Å². The number of alkyl halides is 1. The van der Waals surface area contributed by atoms with E-state index in [2.05, 4.69) is 10.0 Å². The van der Waals surface area contributed by atoms with Gasteiger partial charge in [-0.1, -0.05) is 29.4 Å². The summed E-state index contributed by atoms with van der Waals surface area (Å²) >= 11 is 0. The molecule has 0 N–H and O–H groups in total. The first kappa shape index (κ1) is 9.55. The Kier molecular flexibility index (Phi) is 3.29. The molecule has 1 aromatic carbocycles. The van der Waals surface area contributed by atoms with Gasteiger partial charge in [0.1, 0.15) is 6.67 Å². The van der Waals surface area contributed by atoms with Crippen molar-refractivity contribution in [1.82, 2.24) is 0 Å². The normalized spacial score (nSPS) is 11.8. The molecule has 0 radical (unpaired) electrons. The molecule has 0 aliphatic carbocycles. The molecule has 0 aliphatic rings. The average Bonchev–Trinajstić information content (AvgIpc) is 2.16. The first-order valence-corrected chi connectivity index (χ1v) is 3.95. The summed E-state index contributed by atoms with van der Waals surface area (Å²) < 4.78 is 12.4. The zero-order valence-corrected chi connectivity index (χ0v) is 7.31. The van der Waals surface area contributed by atoms with Gasteiger partial charge >= 0.3 is 0 Å². The van der Waals surface area contributed by atoms with Crippen LogP contribution in [-0.4, -0.2) is 6.67 Å². The van der Waals surface area contributed by atoms with Crippen molar-refractivity contribution in [2.75, 3.05) is 6.67 Å². The van der Waals surface area contributed by atoms with Crippen LogP contribution >= 0.6 is 0 Å². The molecule has 1 aromatic rings. The van der Waals surface area contributed by atoms with E-state index in [0.29, 0.717) is 0 Å². The molecule has 0 saturated carbocycles. The lowest BCUT2D eigenvalue weighted by atomic mass is 10.0. The number of rotatable bonds is 3. The van der Waals surface area contributed by atoms with Gasteiger partial charge in [0.15, 0.2) is 0 Å². The van der Waals surface area contributed by atoms with E-state index in [1.54, 1.807) is 12.1 Å². The molecule has 0 amide bonds. The Balaban J connectivity index is 3.04. The highest BCUT2D eigenvalue weighted by Crippen LogP contribution is 2.21. The van der Waals surface area contributed by atoms with Gasteiger partial charge < -0.3 is 0 Å². The summed E-state index contributed by atoms with van der Waals surface area (Å²) in [5.41, 5.74) is 9.91. The van der Waals surface area contributed by atoms with Crippen LogP contribution in [0.1, 0.15) is 17.2 Å². The average molecular weight is 179 g/mol. The Bertz CT molecular complexity index is 331. The van der Waals surface area contributed by atoms with Gasteiger partial charge in [-0.2, -0.15) is 0 Å². The molecule has 4 heteroatoms. The minimum Gasteiger partial charge on any atom is -0.250 e. The molecule has 0 bridgehead atoms. The fraction of sp³-hybridized carbons (Fsp3) is 0.333. The SMILES string of the molecule is Cc1ccccc1C(CF)N=[N+]=[N-]. The van der Waals surface area contributed by atoms with Crippen molar-refractivity contribution in [3.05, 3.63) is 45.8 Å². The van der Waals surface area contributed by atoms with E-state index < -0.39 is 12.7 Å². The van der Waals surface area contributed by atoms with Crippen molar-refractivity contribution >= 4 is 0 Å². The van der Waals surface area contributed by atoms with Crippen molar-refractivity contribution in [2.24, 2.45) is 5.11 Å². The summed E-state index contributed by atoms with van der Waals surface area (Å²) in [5, 5.41) is 3.38. The molecule has 0 aliphatic heterocycles. The maximum absolute atomic E-state index is 12.4. The molecular weight excluding hydrogens is 169 g/mol. The largest absolute Gasteiger partial charge is 0.250 e. The monoisotopic (exact) mass is 179 g/mol. The van der Waals surface area contributed by atoms with Crippen LogP contribution in [0, 0.1) is 6.92 Å². The third-order valence-electron chi connectivity index (χ3n) is 1.88. The zero-order chi connectivity index (χ0) is 9.68. The summed E-state index contributed by atoms with van der Waals surface area (Å²) in [6.07, 6.45) is 0. The molecule has 3 nitrogen and oxygen atoms in total. The lowest BCUT2D eigenvalue weighted by Crippen LogP contribution is -1.98. The first-order valence-electron chi connectivity index (χ1n) is 3.95. The van der Waals surface area contributed by atoms with E-state index in [1.807, 2.05) is 19.1 Å². The summed E-state index contributed by atoms with van der Waals surface area (Å²) in [6.45, 7) is 1.21. The van der Waals surface area contributed by atoms with Crippen LogP contribution in [0.25, 0.3) is 10.4 Å². The Morgan fingerprint density at radius 2 is 2.23 bits per heavy atom. The Morgan fingerprint density at radius 1 is 1.54 bits per heavy atom. The number of azide groups is 1. The zero-order valence-electron chi connectivity index (χ0n) is 7.31. The molecule has 0 saturated heterocycles. The van der Waals surface area contributed by atoms with Crippen molar-refractivity contribution in [2.45, 2.75) is 13.0 Å². The Hall–Kier alpha value is -1.54. The summed E-state index contributed by atoms with van der Waals surface area (Å²) in [7, 11) is 0. The van der Waals surface area contributed by atoms with E-state index in [1.165, 1.54) is 0 Å². The minimum absolute atomic E-state index is 0.658. The number of aryl methyl sites for hydroxylation is 1. The quantitative estimate of drug-likeness (QED) is 0.388. The number of hydrogen-bond donors (Lipinski definition) is 0. The molecular formula is C9H10FN3. The minimum atomic E-state index is -0.689. The summed E-state index contributed by atoms with van der Waals surface area (Å²) in [4.78, 5) is 2.61. The second-order valence-corrected chi connectivity index (χ2v) is 2.73. The van der Waals surface area contributed by atoms with Crippen molar-refractivity contribution < 1.29 is 4.39 Å². The smallest absolute Gasteiger partial charge is 0.102 e. The predicted octanol–water partition coefficient (Wildman–Crippen LogP) is 3.32. The topological polar surface area (TPSA) is 48.8 Å². The second kappa shape index (κ2) is 4.48. The molecule has 1 rings (SSSR count). The third-order valence-corrected chi connectivity index (χ3v) is 1.88. The van der Waals surface area contributed by atoms with E-state index in [9.17, 15) is 4.39 Å². The second-order valence-electron chi connectivity index (χ2n) is 2.73. The maximum atomic E-state index is 12.4. The van der Waals surface area contributed by atoms with Crippen LogP contribution in [0.15, 0.2) is 29.4 Å². The van der Waals surface area contributed by atoms with Gasteiger partial charge in [-0.3, -0.25) is 4.39 Å². The fourth-order valence-corrected chi connectivity index (χ4v) is 1.20. The van der Waals surface area contributed by atoms with Crippen molar-refractivity contribution in [1.29, 1.82) is 0 Å². The standard InChI is InChI=1S/C9H10FN3/c1-7-4-2-3-5-8(7)9(6-10)12-13-11/h2-5,9H,6H2,1H3. The van der Waals surface area contributed by atoms with Gasteiger partial charge in [0.25, 0.3) is 0 Å². The van der Waals surface area contributed by atoms with Crippen molar-refractivity contribution in [3.8, 4) is 0 Å². The highest BCUT2D eigenvalue weighted by molar-refractivity contribution is 5.28. The predicted molar refractivity (Wildman–Crippen MR) is 49.0 cm³/mol. The van der Waals surface area contributed by atoms with Crippen LogP contribution in [-0.2, 0) is 0 Å². The fourth-order valence-electron chi connectivity index (χ4n) is 1.20. The maximum Gasteiger partial charge on any atom is 0.102 e. The highest BCUT2D eigenvalue weighted by atomic mass is 19.1. The molecule has 0 aromatic heterocycles. The van der Waals surface area contributed by atoms with Crippen molar-refractivity contribution in [3.63, 3.8) is 0 Å². The van der Waals surface area contributed by atoms with Gasteiger partial charge in [-0.15, -0.1) is 0 Å². The van der Waals surface area contributed by atoms with Crippen LogP contribution in [0.5, 0.6) is 0 Å². The number of hydrogen-bond acceptors (Lipinski definition) is 1. The molecule has 13 heavy (non-hydrogen) atoms. The Morgan fingerprint density at radius 3 is 2.77 bits per heavy atom. The van der Waals surface area contributed by atoms with Gasteiger partial charge in [-0.05, 0) is 23.6 Å². The molecule has 0 fully saturated rings. The number of nitrogens with zero attached hydrogens (tertiary/aromatic N) is 3. The molecule has 0 spiro atoms. The van der Waals surface area contributed by atoms with E-state index in [-0.39, 0.29) is 0 Å². The number of benzene rings is 1. The van der Waals surface area contributed by atoms with Crippen LogP contribution in [0.4, 0.5) is 4.39 Å². The van der Waals surface area contributed by atoms with E-state index >= 15 is 0 Å². The summed E-state index contributed by atoms with van der Waals surface area (Å²) in [6, 6.07) is 6.62. The van der Waals surface area contributed by atoms with Gasteiger partial charge in [0.05, 0.1) is 6.04 Å². The first-order chi connectivity index (χ1) is 6.29. The van der Waals surface area contributed by atoms with E-state index in [4.69, 9.17) is 5.53 Å². The van der Waals surface area contributed by atoms with Gasteiger partial charge in [0, 0.05) is 4.91 Å². The molecule has 1 atom stereocenters. The lowest BCUT2D eigenvalue weighted by Gasteiger charge is -2.09. The van der Waals surface area contributed by atoms with Crippen LogP contribution in [0.2, 0.25) is 0 Å². The molecule has 1 unspecified atom stereocenters. The summed E-state index contributed by atoms with van der Waals surface area (Å²) in [5.74, 6) is 0. The van der Waals surface area contributed by atoms with Gasteiger partial charge in [0.2, 0.25) is 0 Å². The lowest BCUT2D eigenvalue weighted by molar-refractivity contribution is 0.435. The number of halogens is 1. The molecule has 0 heterocycles. The third kappa shape index (κ3) is 2.20. The van der Waals surface area contributed by atoms with E-state index in [0.717, 1.165) is 11.1 Å². The van der Waals surface area contributed by atoms with Gasteiger partial charge in [-0.25, -0.2) is 0 Å². The van der Waals surface area contributed by atoms with Crippen LogP contribution in [0.3, 0.4) is 0 Å². The Labute approximate surface area is 75.8 Å². The molecule has 68 valence electrons. The highest BCUT2D eigenvalue weighted by Gasteiger charge is 2.10.